The summed E-state index contributed by atoms with van der Waals surface area (Å²) in [5, 5.41) is 0. The van der Waals surface area contributed by atoms with Crippen molar-refractivity contribution < 1.29 is 28.6 Å². The average molecular weight is 960 g/mol. The van der Waals surface area contributed by atoms with E-state index in [2.05, 4.69) is 118 Å². The van der Waals surface area contributed by atoms with Crippen molar-refractivity contribution in [2.24, 2.45) is 0 Å². The molecule has 0 amide bonds. The van der Waals surface area contributed by atoms with E-state index >= 15 is 0 Å². The lowest BCUT2D eigenvalue weighted by atomic mass is 10.0. The number of allylic oxidation sites excluding steroid dienone is 16. The molecule has 0 saturated heterocycles. The van der Waals surface area contributed by atoms with E-state index in [9.17, 15) is 14.4 Å². The highest BCUT2D eigenvalue weighted by Gasteiger charge is 2.19. The van der Waals surface area contributed by atoms with Crippen LogP contribution >= 0.6 is 0 Å². The Morgan fingerprint density at radius 3 is 0.899 bits per heavy atom. The van der Waals surface area contributed by atoms with Crippen molar-refractivity contribution in [1.82, 2.24) is 0 Å². The second-order valence-electron chi connectivity index (χ2n) is 18.8. The van der Waals surface area contributed by atoms with E-state index in [0.29, 0.717) is 19.3 Å². The third-order valence-electron chi connectivity index (χ3n) is 12.1. The third kappa shape index (κ3) is 55.1. The zero-order valence-corrected chi connectivity index (χ0v) is 45.0. The summed E-state index contributed by atoms with van der Waals surface area (Å²) >= 11 is 0. The highest BCUT2D eigenvalue weighted by Crippen LogP contribution is 2.16. The van der Waals surface area contributed by atoms with Crippen molar-refractivity contribution in [3.8, 4) is 0 Å². The fourth-order valence-electron chi connectivity index (χ4n) is 7.84. The Morgan fingerprint density at radius 1 is 0.304 bits per heavy atom. The predicted molar refractivity (Wildman–Crippen MR) is 297 cm³/mol. The maximum atomic E-state index is 12.7. The second-order valence-corrected chi connectivity index (χ2v) is 18.8. The van der Waals surface area contributed by atoms with Crippen LogP contribution in [0.25, 0.3) is 0 Å². The standard InChI is InChI=1S/C63H106O6/c1-4-7-10-13-16-18-20-22-23-24-25-26-27-28-29-30-31-32-33-34-35-36-37-38-39-41-42-44-47-50-53-56-62(65)68-59-60(58-67-61(64)55-52-49-46-15-12-9-6-3)69-63(66)57-54-51-48-45-43-40-21-19-17-14-11-8-5-2/h7-8,10-11,16-19,22-23,25-26,28-29,40,43,60H,4-6,9,12-15,20-21,24,27,30-39,41-42,44-59H2,1-3H3/b10-7-,11-8-,18-16-,19-17-,23-22-,26-25-,29-28-,43-40-. The molecule has 0 aliphatic carbocycles. The fraction of sp³-hybridized carbons (Fsp3) is 0.698. The van der Waals surface area contributed by atoms with Crippen molar-refractivity contribution in [2.75, 3.05) is 13.2 Å². The van der Waals surface area contributed by atoms with Gasteiger partial charge in [-0.2, -0.15) is 0 Å². The highest BCUT2D eigenvalue weighted by atomic mass is 16.6. The van der Waals surface area contributed by atoms with Crippen molar-refractivity contribution in [3.63, 3.8) is 0 Å². The number of rotatable bonds is 51. The van der Waals surface area contributed by atoms with Crippen LogP contribution in [0.2, 0.25) is 0 Å². The van der Waals surface area contributed by atoms with Gasteiger partial charge in [-0.1, -0.05) is 246 Å². The minimum absolute atomic E-state index is 0.0873. The molecule has 6 nitrogen and oxygen atoms in total. The Morgan fingerprint density at radius 2 is 0.565 bits per heavy atom. The summed E-state index contributed by atoms with van der Waals surface area (Å²) in [6, 6.07) is 0. The largest absolute Gasteiger partial charge is 0.462 e. The molecule has 0 aromatic rings. The van der Waals surface area contributed by atoms with E-state index in [1.807, 2.05) is 0 Å². The van der Waals surface area contributed by atoms with Crippen LogP contribution in [0, 0.1) is 0 Å². The molecule has 0 rings (SSSR count). The topological polar surface area (TPSA) is 78.9 Å². The molecule has 0 N–H and O–H groups in total. The lowest BCUT2D eigenvalue weighted by Gasteiger charge is -2.18. The second kappa shape index (κ2) is 56.9. The molecule has 394 valence electrons. The van der Waals surface area contributed by atoms with Gasteiger partial charge >= 0.3 is 17.9 Å². The quantitative estimate of drug-likeness (QED) is 0.0262. The molecule has 0 aromatic carbocycles. The highest BCUT2D eigenvalue weighted by molar-refractivity contribution is 5.71. The predicted octanol–water partition coefficient (Wildman–Crippen LogP) is 19.3. The van der Waals surface area contributed by atoms with Crippen LogP contribution in [0.1, 0.15) is 265 Å². The van der Waals surface area contributed by atoms with Crippen LogP contribution in [0.15, 0.2) is 97.2 Å². The first-order chi connectivity index (χ1) is 34.0. The molecule has 0 saturated carbocycles. The smallest absolute Gasteiger partial charge is 0.306 e. The summed E-state index contributed by atoms with van der Waals surface area (Å²) in [6.07, 6.45) is 75.8. The Kier molecular flexibility index (Phi) is 53.9. The number of hydrogen-bond donors (Lipinski definition) is 0. The normalized spacial score (nSPS) is 12.8. The molecule has 69 heavy (non-hydrogen) atoms. The molecule has 0 fully saturated rings. The summed E-state index contributed by atoms with van der Waals surface area (Å²) < 4.78 is 16.7. The van der Waals surface area contributed by atoms with Gasteiger partial charge in [0.1, 0.15) is 13.2 Å². The lowest BCUT2D eigenvalue weighted by Crippen LogP contribution is -2.30. The van der Waals surface area contributed by atoms with E-state index in [4.69, 9.17) is 14.2 Å². The molecule has 0 aliphatic rings. The van der Waals surface area contributed by atoms with Gasteiger partial charge < -0.3 is 14.2 Å². The zero-order valence-electron chi connectivity index (χ0n) is 45.0. The summed E-state index contributed by atoms with van der Waals surface area (Å²) in [5.41, 5.74) is 0. The molecule has 0 bridgehead atoms. The molecule has 0 spiro atoms. The molecule has 6 heteroatoms. The summed E-state index contributed by atoms with van der Waals surface area (Å²) in [4.78, 5) is 37.8. The van der Waals surface area contributed by atoms with Crippen LogP contribution in [0.5, 0.6) is 0 Å². The van der Waals surface area contributed by atoms with Crippen molar-refractivity contribution in [2.45, 2.75) is 271 Å². The number of hydrogen-bond acceptors (Lipinski definition) is 6. The van der Waals surface area contributed by atoms with Gasteiger partial charge in [-0.3, -0.25) is 14.4 Å². The molecule has 0 radical (unpaired) electrons. The summed E-state index contributed by atoms with van der Waals surface area (Å²) in [5.74, 6) is -0.922. The minimum atomic E-state index is -0.788. The van der Waals surface area contributed by atoms with Crippen LogP contribution in [0.4, 0.5) is 0 Å². The third-order valence-corrected chi connectivity index (χ3v) is 12.1. The van der Waals surface area contributed by atoms with E-state index in [0.717, 1.165) is 116 Å². The Bertz CT molecular complexity index is 1380. The first-order valence-corrected chi connectivity index (χ1v) is 28.7. The number of carbonyl (C=O) groups is 3. The van der Waals surface area contributed by atoms with Crippen LogP contribution in [-0.2, 0) is 28.6 Å². The Balaban J connectivity index is 4.06. The number of esters is 3. The first-order valence-electron chi connectivity index (χ1n) is 28.7. The van der Waals surface area contributed by atoms with Gasteiger partial charge in [0.25, 0.3) is 0 Å². The van der Waals surface area contributed by atoms with E-state index < -0.39 is 6.10 Å². The molecule has 1 atom stereocenters. The van der Waals surface area contributed by atoms with Crippen LogP contribution < -0.4 is 0 Å². The minimum Gasteiger partial charge on any atom is -0.462 e. The molecule has 0 heterocycles. The number of unbranched alkanes of at least 4 members (excludes halogenated alkanes) is 24. The van der Waals surface area contributed by atoms with E-state index in [-0.39, 0.29) is 31.1 Å². The summed E-state index contributed by atoms with van der Waals surface area (Å²) in [7, 11) is 0. The lowest BCUT2D eigenvalue weighted by molar-refractivity contribution is -0.167. The maximum Gasteiger partial charge on any atom is 0.306 e. The number of carbonyl (C=O) groups excluding carboxylic acids is 3. The number of ether oxygens (including phenoxy) is 3. The van der Waals surface area contributed by atoms with Gasteiger partial charge in [-0.25, -0.2) is 0 Å². The van der Waals surface area contributed by atoms with Crippen LogP contribution in [0.3, 0.4) is 0 Å². The Hall–Kier alpha value is -3.67. The van der Waals surface area contributed by atoms with Gasteiger partial charge in [0.05, 0.1) is 0 Å². The van der Waals surface area contributed by atoms with E-state index in [1.165, 1.54) is 109 Å². The van der Waals surface area contributed by atoms with Gasteiger partial charge in [0.2, 0.25) is 0 Å². The first kappa shape index (κ1) is 65.3. The van der Waals surface area contributed by atoms with E-state index in [1.54, 1.807) is 0 Å². The van der Waals surface area contributed by atoms with Crippen molar-refractivity contribution in [3.05, 3.63) is 97.2 Å². The zero-order chi connectivity index (χ0) is 50.0. The molecular weight excluding hydrogens is 853 g/mol. The summed E-state index contributed by atoms with van der Waals surface area (Å²) in [6.45, 7) is 6.34. The average Bonchev–Trinajstić information content (AvgIpc) is 3.35. The fourth-order valence-corrected chi connectivity index (χ4v) is 7.84. The van der Waals surface area contributed by atoms with Crippen LogP contribution in [-0.4, -0.2) is 37.2 Å². The Labute approximate surface area is 426 Å². The molecule has 0 aromatic heterocycles. The molecule has 0 aliphatic heterocycles. The van der Waals surface area contributed by atoms with Gasteiger partial charge in [-0.15, -0.1) is 0 Å². The SMILES string of the molecule is CC/C=C\C/C=C\C/C=C\C/C=C\C/C=C\CCCCCCCCCCCCCCCCCC(=O)OCC(COC(=O)CCCCCCCCC)OC(=O)CCCCC/C=C\C/C=C\C/C=C\CC. The molecular formula is C63H106O6. The van der Waals surface area contributed by atoms with Gasteiger partial charge in [-0.05, 0) is 96.3 Å². The van der Waals surface area contributed by atoms with Gasteiger partial charge in [0, 0.05) is 19.3 Å². The molecule has 1 unspecified atom stereocenters. The van der Waals surface area contributed by atoms with Gasteiger partial charge in [0.15, 0.2) is 6.10 Å². The van der Waals surface area contributed by atoms with Crippen molar-refractivity contribution >= 4 is 17.9 Å². The van der Waals surface area contributed by atoms with Crippen molar-refractivity contribution in [1.29, 1.82) is 0 Å². The maximum absolute atomic E-state index is 12.7. The monoisotopic (exact) mass is 959 g/mol.